The van der Waals surface area contributed by atoms with Crippen LogP contribution in [0.3, 0.4) is 0 Å². The largest absolute Gasteiger partial charge is 0.389 e. The Kier molecular flexibility index (Phi) is 4.55. The SMILES string of the molecule is CC(C)(O)CN1CCN(S(=O)(=O)C2CCCC2)CC1. The summed E-state index contributed by atoms with van der Waals surface area (Å²) in [4.78, 5) is 2.14. The second kappa shape index (κ2) is 5.68. The Morgan fingerprint density at radius 3 is 2.11 bits per heavy atom. The van der Waals surface area contributed by atoms with Crippen LogP contribution in [0.2, 0.25) is 0 Å². The molecule has 2 aliphatic rings. The number of aliphatic hydroxyl groups is 1. The molecule has 2 fully saturated rings. The van der Waals surface area contributed by atoms with Crippen LogP contribution in [0.25, 0.3) is 0 Å². The third-order valence-electron chi connectivity index (χ3n) is 4.03. The van der Waals surface area contributed by atoms with Gasteiger partial charge in [-0.05, 0) is 26.7 Å². The van der Waals surface area contributed by atoms with Crippen molar-refractivity contribution < 1.29 is 13.5 Å². The third kappa shape index (κ3) is 3.90. The molecule has 2 rings (SSSR count). The average Bonchev–Trinajstić information content (AvgIpc) is 2.81. The minimum atomic E-state index is -3.08. The lowest BCUT2D eigenvalue weighted by Gasteiger charge is -2.37. The minimum absolute atomic E-state index is 0.145. The van der Waals surface area contributed by atoms with E-state index in [0.717, 1.165) is 38.8 Å². The number of nitrogens with zero attached hydrogens (tertiary/aromatic N) is 2. The van der Waals surface area contributed by atoms with Crippen molar-refractivity contribution in [1.82, 2.24) is 9.21 Å². The number of sulfonamides is 1. The fourth-order valence-corrected chi connectivity index (χ4v) is 5.11. The smallest absolute Gasteiger partial charge is 0.217 e. The third-order valence-corrected chi connectivity index (χ3v) is 6.42. The zero-order chi connectivity index (χ0) is 14.1. The van der Waals surface area contributed by atoms with Gasteiger partial charge in [0.25, 0.3) is 0 Å². The van der Waals surface area contributed by atoms with E-state index in [2.05, 4.69) is 4.90 Å². The van der Waals surface area contributed by atoms with E-state index in [9.17, 15) is 13.5 Å². The highest BCUT2D eigenvalue weighted by Crippen LogP contribution is 2.27. The fraction of sp³-hybridized carbons (Fsp3) is 1.00. The lowest BCUT2D eigenvalue weighted by molar-refractivity contribution is 0.0262. The number of rotatable bonds is 4. The van der Waals surface area contributed by atoms with Gasteiger partial charge < -0.3 is 5.11 Å². The molecule has 0 bridgehead atoms. The van der Waals surface area contributed by atoms with Crippen molar-refractivity contribution in [2.75, 3.05) is 32.7 Å². The normalized spacial score (nSPS) is 25.0. The topological polar surface area (TPSA) is 60.9 Å². The summed E-state index contributed by atoms with van der Waals surface area (Å²) in [6.45, 7) is 6.74. The summed E-state index contributed by atoms with van der Waals surface area (Å²) in [6, 6.07) is 0. The Morgan fingerprint density at radius 2 is 1.63 bits per heavy atom. The van der Waals surface area contributed by atoms with Crippen molar-refractivity contribution in [3.63, 3.8) is 0 Å². The van der Waals surface area contributed by atoms with Crippen LogP contribution in [-0.2, 0) is 10.0 Å². The molecule has 0 atom stereocenters. The van der Waals surface area contributed by atoms with Gasteiger partial charge in [-0.1, -0.05) is 12.8 Å². The highest BCUT2D eigenvalue weighted by atomic mass is 32.2. The van der Waals surface area contributed by atoms with Crippen LogP contribution in [0, 0.1) is 0 Å². The van der Waals surface area contributed by atoms with Gasteiger partial charge in [-0.2, -0.15) is 4.31 Å². The number of hydrogen-bond acceptors (Lipinski definition) is 4. The maximum Gasteiger partial charge on any atom is 0.217 e. The second-order valence-electron chi connectivity index (χ2n) is 6.44. The van der Waals surface area contributed by atoms with Crippen LogP contribution in [-0.4, -0.2) is 66.3 Å². The highest BCUT2D eigenvalue weighted by Gasteiger charge is 2.36. The van der Waals surface area contributed by atoms with Gasteiger partial charge >= 0.3 is 0 Å². The van der Waals surface area contributed by atoms with Crippen LogP contribution in [0.4, 0.5) is 0 Å². The Labute approximate surface area is 116 Å². The predicted molar refractivity (Wildman–Crippen MR) is 75.5 cm³/mol. The van der Waals surface area contributed by atoms with Crippen LogP contribution in [0.5, 0.6) is 0 Å². The van der Waals surface area contributed by atoms with Gasteiger partial charge in [0.05, 0.1) is 10.9 Å². The Morgan fingerprint density at radius 1 is 1.11 bits per heavy atom. The van der Waals surface area contributed by atoms with Gasteiger partial charge in [0.15, 0.2) is 0 Å². The molecule has 1 heterocycles. The molecule has 0 aromatic rings. The number of piperazine rings is 1. The van der Waals surface area contributed by atoms with Gasteiger partial charge in [0, 0.05) is 32.7 Å². The van der Waals surface area contributed by atoms with Crippen molar-refractivity contribution in [3.8, 4) is 0 Å². The maximum absolute atomic E-state index is 12.4. The molecule has 19 heavy (non-hydrogen) atoms. The maximum atomic E-state index is 12.4. The molecule has 0 unspecified atom stereocenters. The number of hydrogen-bond donors (Lipinski definition) is 1. The molecule has 6 heteroatoms. The van der Waals surface area contributed by atoms with Gasteiger partial charge in [0.1, 0.15) is 0 Å². The van der Waals surface area contributed by atoms with Gasteiger partial charge in [-0.15, -0.1) is 0 Å². The lowest BCUT2D eigenvalue weighted by Crippen LogP contribution is -2.53. The van der Waals surface area contributed by atoms with Gasteiger partial charge in [0.2, 0.25) is 10.0 Å². The standard InChI is InChI=1S/C13H26N2O3S/c1-13(2,16)11-14-7-9-15(10-8-14)19(17,18)12-5-3-4-6-12/h12,16H,3-11H2,1-2H3. The van der Waals surface area contributed by atoms with Gasteiger partial charge in [-0.3, -0.25) is 4.90 Å². The molecule has 1 aliphatic heterocycles. The second-order valence-corrected chi connectivity index (χ2v) is 8.65. The van der Waals surface area contributed by atoms with Crippen molar-refractivity contribution >= 4 is 10.0 Å². The Balaban J connectivity index is 1.89. The molecule has 5 nitrogen and oxygen atoms in total. The molecule has 0 spiro atoms. The molecule has 112 valence electrons. The van der Waals surface area contributed by atoms with Crippen molar-refractivity contribution in [1.29, 1.82) is 0 Å². The molecular weight excluding hydrogens is 264 g/mol. The first kappa shape index (κ1) is 15.2. The first-order valence-corrected chi connectivity index (χ1v) is 8.73. The van der Waals surface area contributed by atoms with E-state index in [1.54, 1.807) is 18.2 Å². The van der Waals surface area contributed by atoms with E-state index in [1.165, 1.54) is 0 Å². The van der Waals surface area contributed by atoms with Crippen LogP contribution in [0.15, 0.2) is 0 Å². The van der Waals surface area contributed by atoms with E-state index in [1.807, 2.05) is 0 Å². The van der Waals surface area contributed by atoms with Crippen LogP contribution in [0.1, 0.15) is 39.5 Å². The first-order chi connectivity index (χ1) is 8.79. The summed E-state index contributed by atoms with van der Waals surface area (Å²) in [5.74, 6) is 0. The molecule has 0 radical (unpaired) electrons. The van der Waals surface area contributed by atoms with E-state index in [0.29, 0.717) is 19.6 Å². The monoisotopic (exact) mass is 290 g/mol. The summed E-state index contributed by atoms with van der Waals surface area (Å²) in [5, 5.41) is 9.65. The summed E-state index contributed by atoms with van der Waals surface area (Å²) in [7, 11) is -3.08. The van der Waals surface area contributed by atoms with E-state index < -0.39 is 15.6 Å². The summed E-state index contributed by atoms with van der Waals surface area (Å²) in [5.41, 5.74) is -0.716. The minimum Gasteiger partial charge on any atom is -0.389 e. The Bertz CT molecular complexity index is 389. The van der Waals surface area contributed by atoms with Crippen molar-refractivity contribution in [2.24, 2.45) is 0 Å². The molecular formula is C13H26N2O3S. The summed E-state index contributed by atoms with van der Waals surface area (Å²) >= 11 is 0. The summed E-state index contributed by atoms with van der Waals surface area (Å²) in [6.07, 6.45) is 3.74. The highest BCUT2D eigenvalue weighted by molar-refractivity contribution is 7.89. The molecule has 1 saturated heterocycles. The van der Waals surface area contributed by atoms with Gasteiger partial charge in [-0.25, -0.2) is 8.42 Å². The van der Waals surface area contributed by atoms with Crippen molar-refractivity contribution in [2.45, 2.75) is 50.4 Å². The quantitative estimate of drug-likeness (QED) is 0.826. The number of β-amino-alcohol motifs (C(OH)–C–C–N with tert-alkyl or cyclic N) is 1. The van der Waals surface area contributed by atoms with Crippen LogP contribution >= 0.6 is 0 Å². The van der Waals surface area contributed by atoms with Crippen molar-refractivity contribution in [3.05, 3.63) is 0 Å². The zero-order valence-electron chi connectivity index (χ0n) is 12.0. The zero-order valence-corrected chi connectivity index (χ0v) is 12.8. The predicted octanol–water partition coefficient (Wildman–Crippen LogP) is 0.647. The molecule has 1 saturated carbocycles. The molecule has 1 N–H and O–H groups in total. The van der Waals surface area contributed by atoms with E-state index in [-0.39, 0.29) is 5.25 Å². The summed E-state index contributed by atoms with van der Waals surface area (Å²) < 4.78 is 26.5. The average molecular weight is 290 g/mol. The fourth-order valence-electron chi connectivity index (χ4n) is 3.09. The lowest BCUT2D eigenvalue weighted by atomic mass is 10.1. The van der Waals surface area contributed by atoms with E-state index in [4.69, 9.17) is 0 Å². The van der Waals surface area contributed by atoms with Crippen LogP contribution < -0.4 is 0 Å². The Hall–Kier alpha value is -0.170. The van der Waals surface area contributed by atoms with E-state index >= 15 is 0 Å². The molecule has 0 amide bonds. The molecule has 0 aromatic carbocycles. The first-order valence-electron chi connectivity index (χ1n) is 7.23. The molecule has 1 aliphatic carbocycles. The molecule has 0 aromatic heterocycles.